The van der Waals surface area contributed by atoms with Crippen molar-refractivity contribution in [1.82, 2.24) is 14.3 Å². The summed E-state index contributed by atoms with van der Waals surface area (Å²) in [4.78, 5) is 10.7. The van der Waals surface area contributed by atoms with E-state index in [1.807, 2.05) is 11.8 Å². The van der Waals surface area contributed by atoms with Crippen LogP contribution in [0.25, 0.3) is 0 Å². The van der Waals surface area contributed by atoms with Crippen molar-refractivity contribution in [2.24, 2.45) is 0 Å². The maximum atomic E-state index is 11.6. The van der Waals surface area contributed by atoms with Crippen LogP contribution in [0, 0.1) is 6.92 Å². The van der Waals surface area contributed by atoms with Gasteiger partial charge in [0, 0.05) is 37.9 Å². The Morgan fingerprint density at radius 2 is 1.95 bits per heavy atom. The topological polar surface area (TPSA) is 75.6 Å². The normalized spacial score (nSPS) is 17.9. The van der Waals surface area contributed by atoms with Gasteiger partial charge in [-0.3, -0.25) is 0 Å². The van der Waals surface area contributed by atoms with Crippen LogP contribution < -0.4 is 9.64 Å². The van der Waals surface area contributed by atoms with Gasteiger partial charge in [-0.25, -0.2) is 17.7 Å². The molecule has 7 nitrogen and oxygen atoms in total. The number of aryl methyl sites for hydroxylation is 1. The first kappa shape index (κ1) is 15.0. The second kappa shape index (κ2) is 5.92. The van der Waals surface area contributed by atoms with Gasteiger partial charge in [-0.2, -0.15) is 4.98 Å². The predicted molar refractivity (Wildman–Crippen MR) is 76.6 cm³/mol. The molecule has 1 saturated heterocycles. The summed E-state index contributed by atoms with van der Waals surface area (Å²) in [5.41, 5.74) is 0.830. The van der Waals surface area contributed by atoms with Crippen LogP contribution in [0.2, 0.25) is 0 Å². The molecule has 0 unspecified atom stereocenters. The van der Waals surface area contributed by atoms with E-state index < -0.39 is 10.0 Å². The summed E-state index contributed by atoms with van der Waals surface area (Å²) in [5, 5.41) is 0. The van der Waals surface area contributed by atoms with Crippen LogP contribution in [0.4, 0.5) is 5.95 Å². The molecule has 0 bridgehead atoms. The van der Waals surface area contributed by atoms with Crippen LogP contribution >= 0.6 is 0 Å². The Morgan fingerprint density at radius 1 is 1.20 bits per heavy atom. The smallest absolute Gasteiger partial charge is 0.228 e. The van der Waals surface area contributed by atoms with Crippen LogP contribution in [-0.2, 0) is 10.0 Å². The van der Waals surface area contributed by atoms with E-state index in [1.54, 1.807) is 13.2 Å². The molecule has 2 heterocycles. The maximum absolute atomic E-state index is 11.6. The van der Waals surface area contributed by atoms with Gasteiger partial charge in [-0.15, -0.1) is 0 Å². The Kier molecular flexibility index (Phi) is 4.44. The highest BCUT2D eigenvalue weighted by atomic mass is 32.2. The minimum Gasteiger partial charge on any atom is -0.481 e. The van der Waals surface area contributed by atoms with Crippen LogP contribution in [0.5, 0.6) is 5.88 Å². The van der Waals surface area contributed by atoms with E-state index in [2.05, 4.69) is 9.97 Å². The maximum Gasteiger partial charge on any atom is 0.228 e. The molecule has 0 spiro atoms. The lowest BCUT2D eigenvalue weighted by molar-refractivity contribution is 0.396. The van der Waals surface area contributed by atoms with Gasteiger partial charge in [0.05, 0.1) is 13.4 Å². The molecule has 0 amide bonds. The Balaban J connectivity index is 2.16. The van der Waals surface area contributed by atoms with E-state index in [1.165, 1.54) is 10.6 Å². The van der Waals surface area contributed by atoms with Gasteiger partial charge in [-0.05, 0) is 13.3 Å². The zero-order valence-corrected chi connectivity index (χ0v) is 12.9. The highest BCUT2D eigenvalue weighted by Gasteiger charge is 2.22. The first-order chi connectivity index (χ1) is 9.40. The zero-order chi connectivity index (χ0) is 14.8. The molecule has 2 rings (SSSR count). The number of aromatic nitrogens is 2. The van der Waals surface area contributed by atoms with Crippen molar-refractivity contribution in [1.29, 1.82) is 0 Å². The van der Waals surface area contributed by atoms with E-state index in [0.29, 0.717) is 31.5 Å². The number of ether oxygens (including phenoxy) is 1. The number of nitrogens with zero attached hydrogens (tertiary/aromatic N) is 4. The Hall–Kier alpha value is -1.41. The lowest BCUT2D eigenvalue weighted by Crippen LogP contribution is -2.35. The first-order valence-electron chi connectivity index (χ1n) is 6.50. The third-order valence-electron chi connectivity index (χ3n) is 3.23. The highest BCUT2D eigenvalue weighted by molar-refractivity contribution is 7.88. The number of hydrogen-bond acceptors (Lipinski definition) is 6. The van der Waals surface area contributed by atoms with Gasteiger partial charge < -0.3 is 9.64 Å². The molecule has 0 N–H and O–H groups in total. The molecule has 0 atom stereocenters. The molecule has 0 saturated carbocycles. The predicted octanol–water partition coefficient (Wildman–Crippen LogP) is 0.265. The van der Waals surface area contributed by atoms with E-state index in [-0.39, 0.29) is 0 Å². The minimum absolute atomic E-state index is 0.457. The van der Waals surface area contributed by atoms with E-state index >= 15 is 0 Å². The van der Waals surface area contributed by atoms with Crippen molar-refractivity contribution in [2.75, 3.05) is 44.4 Å². The highest BCUT2D eigenvalue weighted by Crippen LogP contribution is 2.17. The average Bonchev–Trinajstić information content (AvgIpc) is 2.63. The molecular formula is C12H20N4O3S. The second-order valence-corrected chi connectivity index (χ2v) is 6.84. The summed E-state index contributed by atoms with van der Waals surface area (Å²) in [6, 6.07) is 1.77. The number of sulfonamides is 1. The van der Waals surface area contributed by atoms with Crippen molar-refractivity contribution in [3.05, 3.63) is 11.8 Å². The molecule has 0 aromatic carbocycles. The van der Waals surface area contributed by atoms with Gasteiger partial charge >= 0.3 is 0 Å². The molecule has 1 aliphatic rings. The quantitative estimate of drug-likeness (QED) is 0.797. The Labute approximate surface area is 119 Å². The van der Waals surface area contributed by atoms with Gasteiger partial charge in [0.1, 0.15) is 0 Å². The fourth-order valence-electron chi connectivity index (χ4n) is 2.20. The molecule has 112 valence electrons. The summed E-state index contributed by atoms with van der Waals surface area (Å²) in [6.45, 7) is 4.20. The standard InChI is InChI=1S/C12H20N4O3S/c1-10-9-11(19-2)14-12(13-10)15-5-4-6-16(8-7-15)20(3,17)18/h9H,4-8H2,1-3H3. The molecule has 1 aromatic heterocycles. The number of hydrogen-bond donors (Lipinski definition) is 0. The number of rotatable bonds is 3. The summed E-state index contributed by atoms with van der Waals surface area (Å²) in [5.74, 6) is 1.12. The molecule has 0 radical (unpaired) electrons. The molecular weight excluding hydrogens is 280 g/mol. The SMILES string of the molecule is COc1cc(C)nc(N2CCCN(S(C)(=O)=O)CC2)n1. The third kappa shape index (κ3) is 3.57. The van der Waals surface area contributed by atoms with Crippen LogP contribution in [0.1, 0.15) is 12.1 Å². The lowest BCUT2D eigenvalue weighted by Gasteiger charge is -2.21. The first-order valence-corrected chi connectivity index (χ1v) is 8.35. The summed E-state index contributed by atoms with van der Waals surface area (Å²) >= 11 is 0. The third-order valence-corrected chi connectivity index (χ3v) is 4.54. The Bertz CT molecular complexity index is 576. The van der Waals surface area contributed by atoms with Crippen molar-refractivity contribution < 1.29 is 13.2 Å². The molecule has 1 fully saturated rings. The second-order valence-electron chi connectivity index (χ2n) is 4.85. The zero-order valence-electron chi connectivity index (χ0n) is 12.0. The monoisotopic (exact) mass is 300 g/mol. The summed E-state index contributed by atoms with van der Waals surface area (Å²) in [6.07, 6.45) is 2.00. The van der Waals surface area contributed by atoms with Crippen molar-refractivity contribution in [2.45, 2.75) is 13.3 Å². The number of anilines is 1. The van der Waals surface area contributed by atoms with Crippen LogP contribution in [-0.4, -0.2) is 62.2 Å². The van der Waals surface area contributed by atoms with Crippen molar-refractivity contribution in [3.8, 4) is 5.88 Å². The molecule has 0 aliphatic carbocycles. The van der Waals surface area contributed by atoms with Crippen molar-refractivity contribution >= 4 is 16.0 Å². The Morgan fingerprint density at radius 3 is 2.60 bits per heavy atom. The molecule has 1 aromatic rings. The fourth-order valence-corrected chi connectivity index (χ4v) is 3.07. The van der Waals surface area contributed by atoms with Gasteiger partial charge in [0.2, 0.25) is 21.9 Å². The van der Waals surface area contributed by atoms with Gasteiger partial charge in [-0.1, -0.05) is 0 Å². The van der Waals surface area contributed by atoms with Gasteiger partial charge in [0.15, 0.2) is 0 Å². The minimum atomic E-state index is -3.13. The van der Waals surface area contributed by atoms with E-state index in [4.69, 9.17) is 4.74 Å². The van der Waals surface area contributed by atoms with Crippen LogP contribution in [0.15, 0.2) is 6.07 Å². The number of methoxy groups -OCH3 is 1. The average molecular weight is 300 g/mol. The molecule has 1 aliphatic heterocycles. The van der Waals surface area contributed by atoms with Crippen molar-refractivity contribution in [3.63, 3.8) is 0 Å². The lowest BCUT2D eigenvalue weighted by atomic mass is 10.4. The largest absolute Gasteiger partial charge is 0.481 e. The molecule has 20 heavy (non-hydrogen) atoms. The van der Waals surface area contributed by atoms with E-state index in [0.717, 1.165) is 18.7 Å². The molecule has 8 heteroatoms. The summed E-state index contributed by atoms with van der Waals surface area (Å²) in [7, 11) is -1.57. The van der Waals surface area contributed by atoms with Gasteiger partial charge in [0.25, 0.3) is 0 Å². The van der Waals surface area contributed by atoms with Crippen LogP contribution in [0.3, 0.4) is 0 Å². The fraction of sp³-hybridized carbons (Fsp3) is 0.667. The van der Waals surface area contributed by atoms with E-state index in [9.17, 15) is 8.42 Å². The summed E-state index contributed by atoms with van der Waals surface area (Å²) < 4.78 is 29.8.